The van der Waals surface area contributed by atoms with E-state index in [0.29, 0.717) is 18.4 Å². The molecule has 1 aromatic carbocycles. The van der Waals surface area contributed by atoms with E-state index in [2.05, 4.69) is 4.74 Å². The van der Waals surface area contributed by atoms with Crippen molar-refractivity contribution in [3.05, 3.63) is 35.9 Å². The van der Waals surface area contributed by atoms with Crippen LogP contribution in [-0.4, -0.2) is 35.2 Å². The van der Waals surface area contributed by atoms with Crippen molar-refractivity contribution in [1.82, 2.24) is 0 Å². The number of esters is 1. The molecular formula is C14H18O6. The van der Waals surface area contributed by atoms with Crippen molar-refractivity contribution >= 4 is 17.9 Å². The second-order valence-electron chi connectivity index (χ2n) is 3.85. The first kappa shape index (κ1) is 17.6. The van der Waals surface area contributed by atoms with Gasteiger partial charge in [0.15, 0.2) is 0 Å². The van der Waals surface area contributed by atoms with E-state index in [-0.39, 0.29) is 18.8 Å². The van der Waals surface area contributed by atoms with E-state index in [1.54, 1.807) is 24.3 Å². The Hall–Kier alpha value is -2.37. The van der Waals surface area contributed by atoms with Crippen molar-refractivity contribution in [2.75, 3.05) is 7.11 Å². The third-order valence-electron chi connectivity index (χ3n) is 2.23. The van der Waals surface area contributed by atoms with E-state index in [1.165, 1.54) is 7.11 Å². The lowest BCUT2D eigenvalue weighted by molar-refractivity contribution is -0.139. The fraction of sp³-hybridized carbons (Fsp3) is 0.357. The summed E-state index contributed by atoms with van der Waals surface area (Å²) in [5, 5.41) is 16.3. The van der Waals surface area contributed by atoms with Gasteiger partial charge in [-0.15, -0.1) is 0 Å². The smallest absolute Gasteiger partial charge is 0.337 e. The number of carboxylic acid groups (broad SMARTS) is 2. The lowest BCUT2D eigenvalue weighted by atomic mass is 10.2. The number of methoxy groups -OCH3 is 1. The number of hydrogen-bond donors (Lipinski definition) is 2. The second-order valence-corrected chi connectivity index (χ2v) is 3.85. The van der Waals surface area contributed by atoms with Crippen LogP contribution < -0.4 is 0 Å². The number of ether oxygens (including phenoxy) is 1. The molecule has 1 aromatic rings. The van der Waals surface area contributed by atoms with Gasteiger partial charge in [-0.25, -0.2) is 4.79 Å². The minimum absolute atomic E-state index is 0.0628. The van der Waals surface area contributed by atoms with Crippen LogP contribution in [0.5, 0.6) is 0 Å². The van der Waals surface area contributed by atoms with Crippen molar-refractivity contribution < 1.29 is 29.3 Å². The number of benzene rings is 1. The van der Waals surface area contributed by atoms with Crippen LogP contribution in [0.1, 0.15) is 36.0 Å². The molecule has 0 radical (unpaired) electrons. The molecule has 6 heteroatoms. The Balaban J connectivity index is 0.000000361. The number of carbonyl (C=O) groups is 3. The molecule has 0 aliphatic carbocycles. The van der Waals surface area contributed by atoms with Gasteiger partial charge in [0.2, 0.25) is 0 Å². The van der Waals surface area contributed by atoms with Crippen LogP contribution in [0.15, 0.2) is 30.3 Å². The maximum absolute atomic E-state index is 10.8. The average Bonchev–Trinajstić information content (AvgIpc) is 2.44. The molecule has 0 aromatic heterocycles. The summed E-state index contributed by atoms with van der Waals surface area (Å²) in [6.45, 7) is 0. The molecular weight excluding hydrogens is 264 g/mol. The normalized spacial score (nSPS) is 9.05. The molecule has 0 atom stereocenters. The number of carboxylic acids is 2. The van der Waals surface area contributed by atoms with Gasteiger partial charge in [0.05, 0.1) is 12.7 Å². The summed E-state index contributed by atoms with van der Waals surface area (Å²) < 4.78 is 4.50. The number of rotatable bonds is 6. The monoisotopic (exact) mass is 282 g/mol. The van der Waals surface area contributed by atoms with Crippen LogP contribution >= 0.6 is 0 Å². The first-order valence-corrected chi connectivity index (χ1v) is 6.04. The largest absolute Gasteiger partial charge is 0.481 e. The fourth-order valence-corrected chi connectivity index (χ4v) is 1.24. The molecule has 0 bridgehead atoms. The topological polar surface area (TPSA) is 101 Å². The minimum atomic E-state index is -0.870. The number of carbonyl (C=O) groups excluding carboxylic acids is 1. The Labute approximate surface area is 117 Å². The lowest BCUT2D eigenvalue weighted by Crippen LogP contribution is -1.99. The summed E-state index contributed by atoms with van der Waals surface area (Å²) in [6.07, 6.45) is 1.02. The molecule has 0 amide bonds. The van der Waals surface area contributed by atoms with Gasteiger partial charge in [0.25, 0.3) is 0 Å². The highest BCUT2D eigenvalue weighted by Crippen LogP contribution is 1.99. The summed E-state index contributed by atoms with van der Waals surface area (Å²) in [5.41, 5.74) is 0.588. The molecule has 0 fully saturated rings. The minimum Gasteiger partial charge on any atom is -0.481 e. The average molecular weight is 282 g/mol. The SMILES string of the molecule is COC(=O)c1ccccc1.O=C(O)CCCCC(=O)O. The zero-order valence-corrected chi connectivity index (χ0v) is 11.2. The van der Waals surface area contributed by atoms with Crippen molar-refractivity contribution in [3.63, 3.8) is 0 Å². The first-order valence-electron chi connectivity index (χ1n) is 6.04. The van der Waals surface area contributed by atoms with Crippen LogP contribution in [0.25, 0.3) is 0 Å². The summed E-state index contributed by atoms with van der Waals surface area (Å²) in [5.74, 6) is -2.03. The van der Waals surface area contributed by atoms with Crippen molar-refractivity contribution in [1.29, 1.82) is 0 Å². The maximum Gasteiger partial charge on any atom is 0.337 e. The highest BCUT2D eigenvalue weighted by atomic mass is 16.5. The molecule has 0 unspecified atom stereocenters. The molecule has 1 rings (SSSR count). The molecule has 2 N–H and O–H groups in total. The van der Waals surface area contributed by atoms with E-state index < -0.39 is 11.9 Å². The standard InChI is InChI=1S/C8H8O2.C6H10O4/c1-10-8(9)7-5-3-2-4-6-7;7-5(8)3-1-2-4-6(9)10/h2-6H,1H3;1-4H2,(H,7,8)(H,9,10). The van der Waals surface area contributed by atoms with Crippen LogP contribution in [0.3, 0.4) is 0 Å². The van der Waals surface area contributed by atoms with Gasteiger partial charge >= 0.3 is 17.9 Å². The Kier molecular flexibility index (Phi) is 9.29. The van der Waals surface area contributed by atoms with Crippen molar-refractivity contribution in [2.45, 2.75) is 25.7 Å². The predicted octanol–water partition coefficient (Wildman–Crippen LogP) is 2.19. The first-order chi connectivity index (χ1) is 9.47. The van der Waals surface area contributed by atoms with Crippen LogP contribution in [0, 0.1) is 0 Å². The van der Waals surface area contributed by atoms with Gasteiger partial charge in [0.1, 0.15) is 0 Å². The molecule has 0 heterocycles. The van der Waals surface area contributed by atoms with Crippen molar-refractivity contribution in [2.24, 2.45) is 0 Å². The predicted molar refractivity (Wildman–Crippen MR) is 71.5 cm³/mol. The summed E-state index contributed by atoms with van der Waals surface area (Å²) in [6, 6.07) is 8.88. The molecule has 0 aliphatic rings. The van der Waals surface area contributed by atoms with Crippen molar-refractivity contribution in [3.8, 4) is 0 Å². The molecule has 20 heavy (non-hydrogen) atoms. The lowest BCUT2D eigenvalue weighted by Gasteiger charge is -1.95. The van der Waals surface area contributed by atoms with Crippen LogP contribution in [0.2, 0.25) is 0 Å². The van der Waals surface area contributed by atoms with Crippen LogP contribution in [0.4, 0.5) is 0 Å². The van der Waals surface area contributed by atoms with E-state index >= 15 is 0 Å². The number of aliphatic carboxylic acids is 2. The van der Waals surface area contributed by atoms with Gasteiger partial charge in [0, 0.05) is 12.8 Å². The number of hydrogen-bond acceptors (Lipinski definition) is 4. The van der Waals surface area contributed by atoms with Gasteiger partial charge in [-0.2, -0.15) is 0 Å². The van der Waals surface area contributed by atoms with E-state index in [0.717, 1.165) is 0 Å². The molecule has 6 nitrogen and oxygen atoms in total. The summed E-state index contributed by atoms with van der Waals surface area (Å²) in [7, 11) is 1.37. The maximum atomic E-state index is 10.8. The third kappa shape index (κ3) is 9.64. The molecule has 0 aliphatic heterocycles. The Bertz CT molecular complexity index is 411. The van der Waals surface area contributed by atoms with Gasteiger partial charge in [-0.3, -0.25) is 9.59 Å². The van der Waals surface area contributed by atoms with Gasteiger partial charge in [-0.05, 0) is 25.0 Å². The highest BCUT2D eigenvalue weighted by Gasteiger charge is 2.00. The Morgan fingerprint density at radius 2 is 1.40 bits per heavy atom. The Morgan fingerprint density at radius 1 is 0.950 bits per heavy atom. The summed E-state index contributed by atoms with van der Waals surface area (Å²) >= 11 is 0. The zero-order chi connectivity index (χ0) is 15.4. The fourth-order valence-electron chi connectivity index (χ4n) is 1.24. The van der Waals surface area contributed by atoms with Gasteiger partial charge < -0.3 is 14.9 Å². The van der Waals surface area contributed by atoms with E-state index in [1.807, 2.05) is 6.07 Å². The molecule has 110 valence electrons. The molecule has 0 saturated heterocycles. The number of unbranched alkanes of at least 4 members (excludes halogenated alkanes) is 1. The van der Waals surface area contributed by atoms with Crippen LogP contribution in [-0.2, 0) is 14.3 Å². The Morgan fingerprint density at radius 3 is 1.75 bits per heavy atom. The van der Waals surface area contributed by atoms with E-state index in [4.69, 9.17) is 10.2 Å². The van der Waals surface area contributed by atoms with Gasteiger partial charge in [-0.1, -0.05) is 18.2 Å². The zero-order valence-electron chi connectivity index (χ0n) is 11.2. The highest BCUT2D eigenvalue weighted by molar-refractivity contribution is 5.89. The van der Waals surface area contributed by atoms with E-state index in [9.17, 15) is 14.4 Å². The quantitative estimate of drug-likeness (QED) is 0.612. The molecule has 0 spiro atoms. The second kappa shape index (κ2) is 10.5. The third-order valence-corrected chi connectivity index (χ3v) is 2.23. The molecule has 0 saturated carbocycles. The summed E-state index contributed by atoms with van der Waals surface area (Å²) in [4.78, 5) is 30.6.